The molecule has 0 aliphatic heterocycles. The summed E-state index contributed by atoms with van der Waals surface area (Å²) >= 11 is 0. The van der Waals surface area contributed by atoms with Crippen LogP contribution in [0.3, 0.4) is 0 Å². The molecular weight excluding hydrogens is 216 g/mol. The largest absolute Gasteiger partial charge is 0.504 e. The first-order valence-electron chi connectivity index (χ1n) is 6.14. The fourth-order valence-corrected chi connectivity index (χ4v) is 1.60. The van der Waals surface area contributed by atoms with Gasteiger partial charge in [-0.3, -0.25) is 0 Å². The van der Waals surface area contributed by atoms with Crippen LogP contribution in [-0.4, -0.2) is 24.8 Å². The maximum Gasteiger partial charge on any atom is 0.162 e. The van der Waals surface area contributed by atoms with Gasteiger partial charge in [-0.15, -0.1) is 0 Å². The molecule has 0 aliphatic rings. The molecule has 0 atom stereocenters. The Morgan fingerprint density at radius 1 is 1.35 bits per heavy atom. The van der Waals surface area contributed by atoms with Crippen molar-refractivity contribution >= 4 is 0 Å². The second-order valence-electron chi connectivity index (χ2n) is 3.87. The molecule has 17 heavy (non-hydrogen) atoms. The maximum absolute atomic E-state index is 9.94. The summed E-state index contributed by atoms with van der Waals surface area (Å²) in [7, 11) is 0. The highest BCUT2D eigenvalue weighted by Crippen LogP contribution is 2.29. The first kappa shape index (κ1) is 13.8. The highest BCUT2D eigenvalue weighted by molar-refractivity contribution is 5.45. The van der Waals surface area contributed by atoms with Gasteiger partial charge in [0.2, 0.25) is 0 Å². The van der Waals surface area contributed by atoms with Gasteiger partial charge in [0, 0.05) is 12.1 Å². The number of ether oxygens (including phenoxy) is 1. The van der Waals surface area contributed by atoms with Crippen LogP contribution in [0.1, 0.15) is 25.3 Å². The minimum atomic E-state index is 0.237. The number of benzene rings is 1. The molecule has 1 aromatic rings. The van der Waals surface area contributed by atoms with Crippen molar-refractivity contribution in [3.05, 3.63) is 23.8 Å². The fraction of sp³-hybridized carbons (Fsp3) is 0.538. The normalized spacial score (nSPS) is 10.5. The standard InChI is InChI=1S/C13H22N2O2/c1-2-17-12-7-5-6-11(13(12)16)10-15-9-4-3-8-14/h5-7,15-16H,2-4,8-10,14H2,1H3. The zero-order valence-electron chi connectivity index (χ0n) is 10.4. The van der Waals surface area contributed by atoms with E-state index in [9.17, 15) is 5.11 Å². The molecule has 0 amide bonds. The van der Waals surface area contributed by atoms with E-state index < -0.39 is 0 Å². The number of rotatable bonds is 8. The van der Waals surface area contributed by atoms with E-state index in [1.165, 1.54) is 0 Å². The molecule has 0 aliphatic carbocycles. The SMILES string of the molecule is CCOc1cccc(CNCCCCN)c1O. The lowest BCUT2D eigenvalue weighted by Gasteiger charge is -2.10. The first-order chi connectivity index (χ1) is 8.29. The van der Waals surface area contributed by atoms with Gasteiger partial charge in [0.05, 0.1) is 6.61 Å². The summed E-state index contributed by atoms with van der Waals surface area (Å²) < 4.78 is 5.33. The van der Waals surface area contributed by atoms with Gasteiger partial charge >= 0.3 is 0 Å². The smallest absolute Gasteiger partial charge is 0.162 e. The van der Waals surface area contributed by atoms with E-state index in [1.807, 2.05) is 19.1 Å². The first-order valence-corrected chi connectivity index (χ1v) is 6.14. The van der Waals surface area contributed by atoms with Crippen LogP contribution >= 0.6 is 0 Å². The Morgan fingerprint density at radius 2 is 2.18 bits per heavy atom. The van der Waals surface area contributed by atoms with E-state index in [0.717, 1.165) is 31.5 Å². The average molecular weight is 238 g/mol. The Balaban J connectivity index is 2.44. The predicted octanol–water partition coefficient (Wildman–Crippen LogP) is 1.62. The molecule has 0 radical (unpaired) electrons. The van der Waals surface area contributed by atoms with E-state index in [1.54, 1.807) is 6.07 Å². The third-order valence-electron chi connectivity index (χ3n) is 2.51. The average Bonchev–Trinajstić information content (AvgIpc) is 2.33. The predicted molar refractivity (Wildman–Crippen MR) is 69.3 cm³/mol. The minimum absolute atomic E-state index is 0.237. The summed E-state index contributed by atoms with van der Waals surface area (Å²) in [6, 6.07) is 5.56. The lowest BCUT2D eigenvalue weighted by molar-refractivity contribution is 0.316. The Morgan fingerprint density at radius 3 is 2.88 bits per heavy atom. The van der Waals surface area contributed by atoms with Crippen LogP contribution in [0.2, 0.25) is 0 Å². The van der Waals surface area contributed by atoms with E-state index in [-0.39, 0.29) is 5.75 Å². The van der Waals surface area contributed by atoms with Gasteiger partial charge in [-0.05, 0) is 38.9 Å². The Hall–Kier alpha value is -1.26. The molecule has 0 saturated heterocycles. The van der Waals surface area contributed by atoms with Crippen molar-refractivity contribution in [1.29, 1.82) is 0 Å². The van der Waals surface area contributed by atoms with Crippen molar-refractivity contribution in [1.82, 2.24) is 5.32 Å². The quantitative estimate of drug-likeness (QED) is 0.602. The number of para-hydroxylation sites is 1. The van der Waals surface area contributed by atoms with Gasteiger partial charge in [0.15, 0.2) is 11.5 Å². The van der Waals surface area contributed by atoms with E-state index in [0.29, 0.717) is 18.9 Å². The molecule has 0 spiro atoms. The third kappa shape index (κ3) is 4.63. The number of phenolic OH excluding ortho intramolecular Hbond substituents is 1. The summed E-state index contributed by atoms with van der Waals surface area (Å²) in [5.41, 5.74) is 6.28. The molecule has 96 valence electrons. The van der Waals surface area contributed by atoms with Crippen LogP contribution in [0.15, 0.2) is 18.2 Å². The summed E-state index contributed by atoms with van der Waals surface area (Å²) in [6.07, 6.45) is 2.08. The molecule has 4 N–H and O–H groups in total. The second-order valence-corrected chi connectivity index (χ2v) is 3.87. The van der Waals surface area contributed by atoms with Crippen molar-refractivity contribution in [2.24, 2.45) is 5.73 Å². The third-order valence-corrected chi connectivity index (χ3v) is 2.51. The van der Waals surface area contributed by atoms with E-state index in [4.69, 9.17) is 10.5 Å². The lowest BCUT2D eigenvalue weighted by Crippen LogP contribution is -2.16. The zero-order chi connectivity index (χ0) is 12.5. The van der Waals surface area contributed by atoms with Crippen LogP contribution < -0.4 is 15.8 Å². The van der Waals surface area contributed by atoms with Gasteiger partial charge in [-0.2, -0.15) is 0 Å². The Labute approximate surface area is 103 Å². The number of aromatic hydroxyl groups is 1. The topological polar surface area (TPSA) is 67.5 Å². The number of hydrogen-bond acceptors (Lipinski definition) is 4. The number of nitrogens with one attached hydrogen (secondary N) is 1. The molecule has 0 heterocycles. The molecular formula is C13H22N2O2. The van der Waals surface area contributed by atoms with Crippen LogP contribution in [0.4, 0.5) is 0 Å². The van der Waals surface area contributed by atoms with Gasteiger partial charge in [0.1, 0.15) is 0 Å². The lowest BCUT2D eigenvalue weighted by atomic mass is 10.2. The molecule has 0 saturated carbocycles. The number of nitrogens with two attached hydrogens (primary N) is 1. The molecule has 1 aromatic carbocycles. The fourth-order valence-electron chi connectivity index (χ4n) is 1.60. The molecule has 0 unspecified atom stereocenters. The van der Waals surface area contributed by atoms with Gasteiger partial charge < -0.3 is 20.9 Å². The van der Waals surface area contributed by atoms with Crippen LogP contribution in [0.25, 0.3) is 0 Å². The number of hydrogen-bond donors (Lipinski definition) is 3. The van der Waals surface area contributed by atoms with Crippen LogP contribution in [-0.2, 0) is 6.54 Å². The summed E-state index contributed by atoms with van der Waals surface area (Å²) in [6.45, 7) is 4.75. The number of unbranched alkanes of at least 4 members (excludes halogenated alkanes) is 1. The van der Waals surface area contributed by atoms with Crippen LogP contribution in [0, 0.1) is 0 Å². The summed E-state index contributed by atoms with van der Waals surface area (Å²) in [5.74, 6) is 0.787. The van der Waals surface area contributed by atoms with Crippen molar-refractivity contribution in [3.8, 4) is 11.5 Å². The van der Waals surface area contributed by atoms with E-state index in [2.05, 4.69) is 5.32 Å². The molecule has 0 bridgehead atoms. The molecule has 1 rings (SSSR count). The van der Waals surface area contributed by atoms with E-state index >= 15 is 0 Å². The summed E-state index contributed by atoms with van der Waals surface area (Å²) in [4.78, 5) is 0. The molecule has 4 nitrogen and oxygen atoms in total. The highest BCUT2D eigenvalue weighted by atomic mass is 16.5. The Kier molecular flexibility index (Phi) is 6.43. The van der Waals surface area contributed by atoms with Gasteiger partial charge in [-0.1, -0.05) is 12.1 Å². The molecule has 0 fully saturated rings. The second kappa shape index (κ2) is 7.92. The number of phenols is 1. The van der Waals surface area contributed by atoms with Crippen molar-refractivity contribution < 1.29 is 9.84 Å². The maximum atomic E-state index is 9.94. The van der Waals surface area contributed by atoms with Crippen molar-refractivity contribution in [3.63, 3.8) is 0 Å². The minimum Gasteiger partial charge on any atom is -0.504 e. The highest BCUT2D eigenvalue weighted by Gasteiger charge is 2.06. The van der Waals surface area contributed by atoms with Crippen LogP contribution in [0.5, 0.6) is 11.5 Å². The monoisotopic (exact) mass is 238 g/mol. The molecule has 0 aromatic heterocycles. The Bertz CT molecular complexity index is 329. The van der Waals surface area contributed by atoms with Crippen molar-refractivity contribution in [2.75, 3.05) is 19.7 Å². The zero-order valence-corrected chi connectivity index (χ0v) is 10.4. The van der Waals surface area contributed by atoms with Crippen molar-refractivity contribution in [2.45, 2.75) is 26.3 Å². The summed E-state index contributed by atoms with van der Waals surface area (Å²) in [5, 5.41) is 13.2. The molecule has 4 heteroatoms. The van der Waals surface area contributed by atoms with Gasteiger partial charge in [0.25, 0.3) is 0 Å². The van der Waals surface area contributed by atoms with Gasteiger partial charge in [-0.25, -0.2) is 0 Å².